The average molecular weight is 321 g/mol. The van der Waals surface area contributed by atoms with Crippen LogP contribution in [0.25, 0.3) is 0 Å². The van der Waals surface area contributed by atoms with Gasteiger partial charge in [-0.15, -0.1) is 0 Å². The van der Waals surface area contributed by atoms with Crippen molar-refractivity contribution in [2.45, 2.75) is 18.4 Å². The van der Waals surface area contributed by atoms with Gasteiger partial charge in [0.1, 0.15) is 5.82 Å². The lowest BCUT2D eigenvalue weighted by molar-refractivity contribution is -0.0802. The smallest absolute Gasteiger partial charge is 0.227 e. The summed E-state index contributed by atoms with van der Waals surface area (Å²) in [5.41, 5.74) is -0.582. The number of piperazine rings is 1. The molecular weight excluding hydrogens is 294 g/mol. The van der Waals surface area contributed by atoms with Gasteiger partial charge in [0.2, 0.25) is 5.95 Å². The standard InChI is InChI=1S/C16H27N5O2/c1-19(2)14-3-6-17-15(18-14)21-9-7-20(8-10-21)13-16(22)4-11-23-12-5-16/h3,6,22H,4-5,7-13H2,1-2H3. The molecule has 0 unspecified atom stereocenters. The number of ether oxygens (including phenoxy) is 1. The first-order chi connectivity index (χ1) is 11.1. The minimum atomic E-state index is -0.582. The Bertz CT molecular complexity index is 511. The van der Waals surface area contributed by atoms with Gasteiger partial charge in [-0.25, -0.2) is 4.98 Å². The predicted molar refractivity (Wildman–Crippen MR) is 90.0 cm³/mol. The van der Waals surface area contributed by atoms with Gasteiger partial charge >= 0.3 is 0 Å². The molecule has 3 heterocycles. The summed E-state index contributed by atoms with van der Waals surface area (Å²) in [5.74, 6) is 1.72. The van der Waals surface area contributed by atoms with Crippen LogP contribution >= 0.6 is 0 Å². The molecule has 7 nitrogen and oxygen atoms in total. The van der Waals surface area contributed by atoms with E-state index < -0.39 is 5.60 Å². The number of aliphatic hydroxyl groups is 1. The predicted octanol–water partition coefficient (Wildman–Crippen LogP) is 0.206. The van der Waals surface area contributed by atoms with E-state index in [2.05, 4.69) is 19.8 Å². The van der Waals surface area contributed by atoms with Crippen molar-refractivity contribution >= 4 is 11.8 Å². The van der Waals surface area contributed by atoms with Gasteiger partial charge < -0.3 is 19.6 Å². The third-order valence-corrected chi connectivity index (χ3v) is 4.68. The first-order valence-corrected chi connectivity index (χ1v) is 8.34. The summed E-state index contributed by atoms with van der Waals surface area (Å²) in [7, 11) is 3.97. The van der Waals surface area contributed by atoms with E-state index in [1.165, 1.54) is 0 Å². The Kier molecular flexibility index (Phi) is 4.99. The van der Waals surface area contributed by atoms with E-state index in [1.54, 1.807) is 0 Å². The maximum Gasteiger partial charge on any atom is 0.227 e. The van der Waals surface area contributed by atoms with Crippen molar-refractivity contribution in [3.63, 3.8) is 0 Å². The monoisotopic (exact) mass is 321 g/mol. The molecule has 2 aliphatic rings. The molecule has 0 amide bonds. The van der Waals surface area contributed by atoms with E-state index in [0.29, 0.717) is 13.2 Å². The van der Waals surface area contributed by atoms with Gasteiger partial charge in [0.15, 0.2) is 0 Å². The summed E-state index contributed by atoms with van der Waals surface area (Å²) >= 11 is 0. The van der Waals surface area contributed by atoms with Crippen LogP contribution in [0.3, 0.4) is 0 Å². The minimum Gasteiger partial charge on any atom is -0.388 e. The van der Waals surface area contributed by atoms with Crippen molar-refractivity contribution in [3.05, 3.63) is 12.3 Å². The Morgan fingerprint density at radius 3 is 2.57 bits per heavy atom. The van der Waals surface area contributed by atoms with Crippen molar-refractivity contribution in [1.82, 2.24) is 14.9 Å². The Morgan fingerprint density at radius 1 is 1.22 bits per heavy atom. The highest BCUT2D eigenvalue weighted by atomic mass is 16.5. The van der Waals surface area contributed by atoms with Crippen LogP contribution in [0.5, 0.6) is 0 Å². The van der Waals surface area contributed by atoms with Gasteiger partial charge in [0, 0.05) is 79.1 Å². The highest BCUT2D eigenvalue weighted by molar-refractivity contribution is 5.42. The molecule has 128 valence electrons. The number of β-amino-alcohol motifs (C(OH)–C–C–N with tert-alkyl or cyclic N) is 1. The summed E-state index contributed by atoms with van der Waals surface area (Å²) in [5, 5.41) is 10.6. The van der Waals surface area contributed by atoms with E-state index in [4.69, 9.17) is 4.74 Å². The maximum atomic E-state index is 10.6. The second kappa shape index (κ2) is 6.98. The molecule has 1 aromatic rings. The molecule has 0 bridgehead atoms. The van der Waals surface area contributed by atoms with Gasteiger partial charge in [-0.1, -0.05) is 0 Å². The third-order valence-electron chi connectivity index (χ3n) is 4.68. The molecule has 7 heteroatoms. The highest BCUT2D eigenvalue weighted by Gasteiger charge is 2.33. The Morgan fingerprint density at radius 2 is 1.91 bits per heavy atom. The van der Waals surface area contributed by atoms with Gasteiger partial charge in [0.05, 0.1) is 5.60 Å². The average Bonchev–Trinajstić information content (AvgIpc) is 2.56. The Hall–Kier alpha value is -1.44. The molecule has 3 rings (SSSR count). The van der Waals surface area contributed by atoms with Crippen LogP contribution in [0.2, 0.25) is 0 Å². The lowest BCUT2D eigenvalue weighted by Crippen LogP contribution is -2.53. The first-order valence-electron chi connectivity index (χ1n) is 8.34. The number of hydrogen-bond donors (Lipinski definition) is 1. The second-order valence-electron chi connectivity index (χ2n) is 6.71. The lowest BCUT2D eigenvalue weighted by Gasteiger charge is -2.40. The van der Waals surface area contributed by atoms with E-state index in [1.807, 2.05) is 31.3 Å². The number of aromatic nitrogens is 2. The zero-order valence-corrected chi connectivity index (χ0v) is 14.1. The Labute approximate surface area is 137 Å². The molecule has 1 aromatic heterocycles. The molecule has 2 fully saturated rings. The molecule has 0 spiro atoms. The van der Waals surface area contributed by atoms with Crippen LogP contribution in [-0.2, 0) is 4.74 Å². The summed E-state index contributed by atoms with van der Waals surface area (Å²) in [6.45, 7) is 5.72. The largest absolute Gasteiger partial charge is 0.388 e. The fraction of sp³-hybridized carbons (Fsp3) is 0.750. The molecule has 0 radical (unpaired) electrons. The summed E-state index contributed by atoms with van der Waals surface area (Å²) < 4.78 is 5.35. The van der Waals surface area contributed by atoms with E-state index in [0.717, 1.165) is 57.3 Å². The van der Waals surface area contributed by atoms with Crippen molar-refractivity contribution in [2.75, 3.05) is 69.8 Å². The van der Waals surface area contributed by atoms with E-state index >= 15 is 0 Å². The molecule has 2 aliphatic heterocycles. The zero-order valence-electron chi connectivity index (χ0n) is 14.1. The summed E-state index contributed by atoms with van der Waals surface area (Å²) in [4.78, 5) is 15.6. The first kappa shape index (κ1) is 16.4. The fourth-order valence-corrected chi connectivity index (χ4v) is 3.17. The van der Waals surface area contributed by atoms with Crippen molar-refractivity contribution < 1.29 is 9.84 Å². The molecule has 0 atom stereocenters. The van der Waals surface area contributed by atoms with Gasteiger partial charge in [0.25, 0.3) is 0 Å². The molecule has 0 aromatic carbocycles. The zero-order chi connectivity index (χ0) is 16.3. The van der Waals surface area contributed by atoms with Crippen LogP contribution in [0.1, 0.15) is 12.8 Å². The molecular formula is C16H27N5O2. The summed E-state index contributed by atoms with van der Waals surface area (Å²) in [6.07, 6.45) is 3.29. The van der Waals surface area contributed by atoms with E-state index in [9.17, 15) is 5.11 Å². The number of hydrogen-bond acceptors (Lipinski definition) is 7. The summed E-state index contributed by atoms with van der Waals surface area (Å²) in [6, 6.07) is 1.92. The Balaban J connectivity index is 1.55. The molecule has 2 saturated heterocycles. The fourth-order valence-electron chi connectivity index (χ4n) is 3.17. The van der Waals surface area contributed by atoms with Crippen molar-refractivity contribution in [2.24, 2.45) is 0 Å². The minimum absolute atomic E-state index is 0.582. The van der Waals surface area contributed by atoms with Crippen LogP contribution in [0.4, 0.5) is 11.8 Å². The van der Waals surface area contributed by atoms with Crippen molar-refractivity contribution in [1.29, 1.82) is 0 Å². The molecule has 23 heavy (non-hydrogen) atoms. The number of nitrogens with zero attached hydrogens (tertiary/aromatic N) is 5. The molecule has 0 saturated carbocycles. The second-order valence-corrected chi connectivity index (χ2v) is 6.71. The van der Waals surface area contributed by atoms with Crippen LogP contribution in [0.15, 0.2) is 12.3 Å². The normalized spacial score (nSPS) is 22.1. The van der Waals surface area contributed by atoms with Crippen LogP contribution in [0, 0.1) is 0 Å². The number of anilines is 2. The third kappa shape index (κ3) is 4.10. The quantitative estimate of drug-likeness (QED) is 0.850. The highest BCUT2D eigenvalue weighted by Crippen LogP contribution is 2.23. The van der Waals surface area contributed by atoms with Gasteiger partial charge in [-0.3, -0.25) is 4.90 Å². The topological polar surface area (TPSA) is 65.0 Å². The molecule has 1 N–H and O–H groups in total. The van der Waals surface area contributed by atoms with E-state index in [-0.39, 0.29) is 0 Å². The number of rotatable bonds is 4. The van der Waals surface area contributed by atoms with Crippen LogP contribution in [-0.4, -0.2) is 85.6 Å². The van der Waals surface area contributed by atoms with Crippen molar-refractivity contribution in [3.8, 4) is 0 Å². The molecule has 0 aliphatic carbocycles. The maximum absolute atomic E-state index is 10.6. The SMILES string of the molecule is CN(C)c1ccnc(N2CCN(CC3(O)CCOCC3)CC2)n1. The van der Waals surface area contributed by atoms with Gasteiger partial charge in [-0.05, 0) is 6.07 Å². The van der Waals surface area contributed by atoms with Crippen LogP contribution < -0.4 is 9.80 Å². The lowest BCUT2D eigenvalue weighted by atomic mass is 9.93. The van der Waals surface area contributed by atoms with Gasteiger partial charge in [-0.2, -0.15) is 4.98 Å².